The van der Waals surface area contributed by atoms with E-state index in [0.717, 1.165) is 27.3 Å². The topological polar surface area (TPSA) is 105 Å². The first-order chi connectivity index (χ1) is 11.7. The Morgan fingerprint density at radius 2 is 1.96 bits per heavy atom. The molecule has 3 rings (SSSR count). The van der Waals surface area contributed by atoms with E-state index in [2.05, 4.69) is 0 Å². The van der Waals surface area contributed by atoms with Crippen LogP contribution in [0.1, 0.15) is 15.2 Å². The summed E-state index contributed by atoms with van der Waals surface area (Å²) in [7, 11) is -2.58. The monoisotopic (exact) mass is 379 g/mol. The van der Waals surface area contributed by atoms with Crippen molar-refractivity contribution >= 4 is 44.0 Å². The second-order valence-corrected chi connectivity index (χ2v) is 8.23. The Kier molecular flexibility index (Phi) is 4.13. The molecule has 2 aromatic heterocycles. The van der Waals surface area contributed by atoms with E-state index in [4.69, 9.17) is 9.52 Å². The number of sulfonamides is 1. The number of carboxylic acid groups (broad SMARTS) is 1. The number of thiophene rings is 1. The quantitative estimate of drug-likeness (QED) is 0.699. The fourth-order valence-electron chi connectivity index (χ4n) is 2.37. The first-order valence-corrected chi connectivity index (χ1v) is 9.37. The van der Waals surface area contributed by atoms with Gasteiger partial charge in [0.15, 0.2) is 0 Å². The van der Waals surface area contributed by atoms with Crippen molar-refractivity contribution in [2.45, 2.75) is 11.8 Å². The summed E-state index contributed by atoms with van der Waals surface area (Å²) >= 11 is 0.838. The van der Waals surface area contributed by atoms with Crippen LogP contribution in [0.3, 0.4) is 0 Å². The van der Waals surface area contributed by atoms with Crippen molar-refractivity contribution < 1.29 is 22.7 Å². The standard InChI is InChI=1S/C16H13NO6S2/c1-9-5-15(18)23-13-6-10(3-4-12(9)13)17(2)25(21,22)11-7-14(16(19)20)24-8-11/h3-8H,1-2H3,(H,19,20). The van der Waals surface area contributed by atoms with Crippen LogP contribution in [-0.2, 0) is 10.0 Å². The lowest BCUT2D eigenvalue weighted by molar-refractivity contribution is 0.0702. The Bertz CT molecular complexity index is 1140. The van der Waals surface area contributed by atoms with Crippen molar-refractivity contribution in [3.8, 4) is 0 Å². The minimum Gasteiger partial charge on any atom is -0.477 e. The van der Waals surface area contributed by atoms with Gasteiger partial charge in [0.1, 0.15) is 10.5 Å². The van der Waals surface area contributed by atoms with Crippen LogP contribution in [0.25, 0.3) is 11.0 Å². The highest BCUT2D eigenvalue weighted by atomic mass is 32.2. The minimum absolute atomic E-state index is 0.0629. The van der Waals surface area contributed by atoms with Crippen molar-refractivity contribution in [1.82, 2.24) is 0 Å². The molecule has 0 radical (unpaired) electrons. The number of benzene rings is 1. The molecule has 0 spiro atoms. The maximum Gasteiger partial charge on any atom is 0.345 e. The maximum absolute atomic E-state index is 12.7. The third kappa shape index (κ3) is 3.03. The van der Waals surface area contributed by atoms with E-state index >= 15 is 0 Å². The summed E-state index contributed by atoms with van der Waals surface area (Å²) in [4.78, 5) is 22.3. The van der Waals surface area contributed by atoms with Crippen LogP contribution < -0.4 is 9.93 Å². The molecule has 3 aromatic rings. The molecule has 130 valence electrons. The Morgan fingerprint density at radius 3 is 2.60 bits per heavy atom. The second-order valence-electron chi connectivity index (χ2n) is 5.35. The molecule has 0 bridgehead atoms. The Balaban J connectivity index is 2.07. The van der Waals surface area contributed by atoms with E-state index in [-0.39, 0.29) is 15.4 Å². The molecule has 0 unspecified atom stereocenters. The fraction of sp³-hybridized carbons (Fsp3) is 0.125. The highest BCUT2D eigenvalue weighted by Crippen LogP contribution is 2.28. The molecular weight excluding hydrogens is 366 g/mol. The molecule has 0 atom stereocenters. The molecule has 1 aromatic carbocycles. The average molecular weight is 379 g/mol. The number of rotatable bonds is 4. The predicted molar refractivity (Wildman–Crippen MR) is 94.1 cm³/mol. The van der Waals surface area contributed by atoms with E-state index < -0.39 is 21.6 Å². The smallest absolute Gasteiger partial charge is 0.345 e. The van der Waals surface area contributed by atoms with E-state index in [1.54, 1.807) is 19.1 Å². The summed E-state index contributed by atoms with van der Waals surface area (Å²) in [6.07, 6.45) is 0. The third-order valence-corrected chi connectivity index (χ3v) is 6.57. The Hall–Kier alpha value is -2.65. The van der Waals surface area contributed by atoms with E-state index in [9.17, 15) is 18.0 Å². The first-order valence-electron chi connectivity index (χ1n) is 7.05. The molecular formula is C16H13NO6S2. The summed E-state index contributed by atoms with van der Waals surface area (Å²) in [6, 6.07) is 7.21. The SMILES string of the molecule is Cc1cc(=O)oc2cc(N(C)S(=O)(=O)c3csc(C(=O)O)c3)ccc12. The van der Waals surface area contributed by atoms with Gasteiger partial charge in [0.2, 0.25) is 0 Å². The van der Waals surface area contributed by atoms with Crippen LogP contribution in [0.2, 0.25) is 0 Å². The van der Waals surface area contributed by atoms with Crippen molar-refractivity contribution in [1.29, 1.82) is 0 Å². The number of aromatic carboxylic acids is 1. The van der Waals surface area contributed by atoms with Gasteiger partial charge in [0.05, 0.1) is 10.6 Å². The molecule has 7 nitrogen and oxygen atoms in total. The molecule has 0 amide bonds. The van der Waals surface area contributed by atoms with Gasteiger partial charge in [-0.25, -0.2) is 18.0 Å². The van der Waals surface area contributed by atoms with Crippen LogP contribution in [0, 0.1) is 6.92 Å². The zero-order chi connectivity index (χ0) is 18.4. The van der Waals surface area contributed by atoms with Crippen molar-refractivity contribution in [2.24, 2.45) is 0 Å². The summed E-state index contributed by atoms with van der Waals surface area (Å²) in [5, 5.41) is 10.9. The van der Waals surface area contributed by atoms with Crippen molar-refractivity contribution in [2.75, 3.05) is 11.4 Å². The van der Waals surface area contributed by atoms with Crippen molar-refractivity contribution in [3.05, 3.63) is 56.6 Å². The highest BCUT2D eigenvalue weighted by Gasteiger charge is 2.24. The molecule has 1 N–H and O–H groups in total. The lowest BCUT2D eigenvalue weighted by atomic mass is 10.1. The van der Waals surface area contributed by atoms with Gasteiger partial charge in [-0.05, 0) is 30.7 Å². The Labute approximate surface area is 146 Å². The van der Waals surface area contributed by atoms with Gasteiger partial charge < -0.3 is 9.52 Å². The van der Waals surface area contributed by atoms with E-state index in [0.29, 0.717) is 11.1 Å². The van der Waals surface area contributed by atoms with E-state index in [1.807, 2.05) is 0 Å². The number of hydrogen-bond donors (Lipinski definition) is 1. The van der Waals surface area contributed by atoms with Gasteiger partial charge in [-0.2, -0.15) is 0 Å². The molecule has 2 heterocycles. The summed E-state index contributed by atoms with van der Waals surface area (Å²) in [5.41, 5.74) is 0.786. The molecule has 0 saturated carbocycles. The summed E-state index contributed by atoms with van der Waals surface area (Å²) < 4.78 is 31.5. The number of carboxylic acids is 1. The second kappa shape index (κ2) is 6.01. The molecule has 0 aliphatic rings. The highest BCUT2D eigenvalue weighted by molar-refractivity contribution is 7.93. The molecule has 0 saturated heterocycles. The Morgan fingerprint density at radius 1 is 1.24 bits per heavy atom. The van der Waals surface area contributed by atoms with Gasteiger partial charge >= 0.3 is 11.6 Å². The van der Waals surface area contributed by atoms with Crippen LogP contribution in [-0.4, -0.2) is 26.5 Å². The van der Waals surface area contributed by atoms with Crippen LogP contribution in [0.4, 0.5) is 5.69 Å². The van der Waals surface area contributed by atoms with Gasteiger partial charge in [-0.1, -0.05) is 0 Å². The number of aryl methyl sites for hydroxylation is 1. The molecule has 25 heavy (non-hydrogen) atoms. The average Bonchev–Trinajstić information content (AvgIpc) is 3.04. The number of hydrogen-bond acceptors (Lipinski definition) is 6. The van der Waals surface area contributed by atoms with Gasteiger partial charge in [0, 0.05) is 29.9 Å². The first kappa shape index (κ1) is 17.2. The van der Waals surface area contributed by atoms with Crippen LogP contribution >= 0.6 is 11.3 Å². The maximum atomic E-state index is 12.7. The largest absolute Gasteiger partial charge is 0.477 e. The predicted octanol–water partition coefficient (Wildman–Crippen LogP) is 2.69. The lowest BCUT2D eigenvalue weighted by Gasteiger charge is -2.19. The summed E-state index contributed by atoms with van der Waals surface area (Å²) in [5.74, 6) is -1.18. The van der Waals surface area contributed by atoms with Crippen LogP contribution in [0.5, 0.6) is 0 Å². The minimum atomic E-state index is -3.93. The lowest BCUT2D eigenvalue weighted by Crippen LogP contribution is -2.26. The molecule has 0 aliphatic carbocycles. The zero-order valence-corrected chi connectivity index (χ0v) is 14.8. The van der Waals surface area contributed by atoms with Gasteiger partial charge in [-0.3, -0.25) is 4.31 Å². The molecule has 9 heteroatoms. The van der Waals surface area contributed by atoms with Crippen LogP contribution in [0.15, 0.2) is 49.8 Å². The third-order valence-electron chi connectivity index (χ3n) is 3.74. The van der Waals surface area contributed by atoms with Gasteiger partial charge in [-0.15, -0.1) is 11.3 Å². The van der Waals surface area contributed by atoms with Gasteiger partial charge in [0.25, 0.3) is 10.0 Å². The zero-order valence-electron chi connectivity index (χ0n) is 13.2. The fourth-order valence-corrected chi connectivity index (χ4v) is 4.66. The molecule has 0 aliphatic heterocycles. The number of anilines is 1. The summed E-state index contributed by atoms with van der Waals surface area (Å²) in [6.45, 7) is 1.76. The molecule has 0 fully saturated rings. The number of fused-ring (bicyclic) bond motifs is 1. The number of nitrogens with zero attached hydrogens (tertiary/aromatic N) is 1. The van der Waals surface area contributed by atoms with E-state index in [1.165, 1.54) is 24.6 Å². The van der Waals surface area contributed by atoms with Crippen molar-refractivity contribution in [3.63, 3.8) is 0 Å². The normalized spacial score (nSPS) is 11.6. The number of carbonyl (C=O) groups is 1.